The SMILES string of the molecule is O=C(NC1CCCC1)N1CCC(O)c2ccccc21. The van der Waals surface area contributed by atoms with Gasteiger partial charge in [0.2, 0.25) is 0 Å². The number of para-hydroxylation sites is 1. The van der Waals surface area contributed by atoms with Crippen LogP contribution in [0.4, 0.5) is 10.5 Å². The van der Waals surface area contributed by atoms with E-state index in [4.69, 9.17) is 0 Å². The monoisotopic (exact) mass is 260 g/mol. The molecule has 0 bridgehead atoms. The van der Waals surface area contributed by atoms with Crippen molar-refractivity contribution >= 4 is 11.7 Å². The van der Waals surface area contributed by atoms with Crippen molar-refractivity contribution in [1.29, 1.82) is 0 Å². The van der Waals surface area contributed by atoms with Crippen molar-refractivity contribution in [3.63, 3.8) is 0 Å². The van der Waals surface area contributed by atoms with E-state index in [1.165, 1.54) is 12.8 Å². The molecule has 1 aromatic carbocycles. The van der Waals surface area contributed by atoms with Gasteiger partial charge in [0.1, 0.15) is 0 Å². The van der Waals surface area contributed by atoms with E-state index in [1.807, 2.05) is 24.3 Å². The Labute approximate surface area is 113 Å². The van der Waals surface area contributed by atoms with E-state index in [9.17, 15) is 9.90 Å². The molecule has 0 radical (unpaired) electrons. The Kier molecular flexibility index (Phi) is 3.42. The zero-order valence-electron chi connectivity index (χ0n) is 11.0. The van der Waals surface area contributed by atoms with Crippen LogP contribution in [0.1, 0.15) is 43.8 Å². The number of nitrogens with one attached hydrogen (secondary N) is 1. The number of rotatable bonds is 1. The standard InChI is InChI=1S/C15H20N2O2/c18-14-9-10-17(13-8-4-3-7-12(13)14)15(19)16-11-5-1-2-6-11/h3-4,7-8,11,14,18H,1-2,5-6,9-10H2,(H,16,19). The van der Waals surface area contributed by atoms with Crippen molar-refractivity contribution in [2.75, 3.05) is 11.4 Å². The molecule has 2 aliphatic rings. The van der Waals surface area contributed by atoms with Gasteiger partial charge < -0.3 is 10.4 Å². The molecule has 4 heteroatoms. The Morgan fingerprint density at radius 2 is 1.95 bits per heavy atom. The van der Waals surface area contributed by atoms with Gasteiger partial charge in [-0.3, -0.25) is 4.90 Å². The minimum absolute atomic E-state index is 0.0220. The van der Waals surface area contributed by atoms with Gasteiger partial charge in [0, 0.05) is 18.2 Å². The molecule has 1 atom stereocenters. The maximum absolute atomic E-state index is 12.4. The van der Waals surface area contributed by atoms with Crippen LogP contribution in [0.15, 0.2) is 24.3 Å². The molecule has 1 aliphatic carbocycles. The van der Waals surface area contributed by atoms with Crippen LogP contribution in [0.3, 0.4) is 0 Å². The number of carbonyl (C=O) groups excluding carboxylic acids is 1. The topological polar surface area (TPSA) is 52.6 Å². The second-order valence-electron chi connectivity index (χ2n) is 5.45. The molecule has 0 aromatic heterocycles. The van der Waals surface area contributed by atoms with Gasteiger partial charge in [0.15, 0.2) is 0 Å². The van der Waals surface area contributed by atoms with Gasteiger partial charge in [-0.15, -0.1) is 0 Å². The van der Waals surface area contributed by atoms with Gasteiger partial charge in [-0.25, -0.2) is 4.79 Å². The van der Waals surface area contributed by atoms with Crippen molar-refractivity contribution in [1.82, 2.24) is 5.32 Å². The third-order valence-corrected chi connectivity index (χ3v) is 4.14. The maximum atomic E-state index is 12.4. The Morgan fingerprint density at radius 1 is 1.21 bits per heavy atom. The summed E-state index contributed by atoms with van der Waals surface area (Å²) >= 11 is 0. The predicted molar refractivity (Wildman–Crippen MR) is 74.2 cm³/mol. The first-order valence-electron chi connectivity index (χ1n) is 7.11. The molecule has 1 fully saturated rings. The fourth-order valence-electron chi connectivity index (χ4n) is 3.08. The summed E-state index contributed by atoms with van der Waals surface area (Å²) in [5.41, 5.74) is 1.70. The lowest BCUT2D eigenvalue weighted by atomic mass is 9.99. The van der Waals surface area contributed by atoms with E-state index >= 15 is 0 Å². The van der Waals surface area contributed by atoms with Gasteiger partial charge in [0.05, 0.1) is 11.8 Å². The zero-order valence-corrected chi connectivity index (χ0v) is 11.0. The molecule has 0 saturated heterocycles. The quantitative estimate of drug-likeness (QED) is 0.815. The highest BCUT2D eigenvalue weighted by molar-refractivity contribution is 5.93. The highest BCUT2D eigenvalue weighted by Crippen LogP contribution is 2.33. The van der Waals surface area contributed by atoms with Crippen molar-refractivity contribution < 1.29 is 9.90 Å². The summed E-state index contributed by atoms with van der Waals surface area (Å²) in [7, 11) is 0. The molecule has 1 aliphatic heterocycles. The normalized spacial score (nSPS) is 23.2. The summed E-state index contributed by atoms with van der Waals surface area (Å²) < 4.78 is 0. The average Bonchev–Trinajstić information content (AvgIpc) is 2.92. The van der Waals surface area contributed by atoms with Crippen molar-refractivity contribution in [3.8, 4) is 0 Å². The van der Waals surface area contributed by atoms with Gasteiger partial charge >= 0.3 is 6.03 Å². The molecule has 1 unspecified atom stereocenters. The second kappa shape index (κ2) is 5.21. The highest BCUT2D eigenvalue weighted by Gasteiger charge is 2.28. The third-order valence-electron chi connectivity index (χ3n) is 4.14. The highest BCUT2D eigenvalue weighted by atomic mass is 16.3. The number of hydrogen-bond acceptors (Lipinski definition) is 2. The molecule has 19 heavy (non-hydrogen) atoms. The summed E-state index contributed by atoms with van der Waals surface area (Å²) in [4.78, 5) is 14.1. The van der Waals surface area contributed by atoms with Crippen LogP contribution in [0.5, 0.6) is 0 Å². The third kappa shape index (κ3) is 2.45. The van der Waals surface area contributed by atoms with E-state index in [1.54, 1.807) is 4.90 Å². The molecule has 102 valence electrons. The average molecular weight is 260 g/mol. The van der Waals surface area contributed by atoms with Crippen LogP contribution in [0, 0.1) is 0 Å². The van der Waals surface area contributed by atoms with E-state index in [-0.39, 0.29) is 6.03 Å². The number of carbonyl (C=O) groups is 1. The van der Waals surface area contributed by atoms with Crippen LogP contribution in [-0.2, 0) is 0 Å². The molecular weight excluding hydrogens is 240 g/mol. The molecule has 1 saturated carbocycles. The molecule has 2 amide bonds. The first-order valence-corrected chi connectivity index (χ1v) is 7.11. The number of urea groups is 1. The lowest BCUT2D eigenvalue weighted by molar-refractivity contribution is 0.164. The number of nitrogens with zero attached hydrogens (tertiary/aromatic N) is 1. The molecular formula is C15H20N2O2. The molecule has 1 aromatic rings. The van der Waals surface area contributed by atoms with E-state index < -0.39 is 6.10 Å². The summed E-state index contributed by atoms with van der Waals surface area (Å²) in [6, 6.07) is 7.92. The number of aliphatic hydroxyl groups excluding tert-OH is 1. The van der Waals surface area contributed by atoms with Crippen molar-refractivity contribution in [2.24, 2.45) is 0 Å². The molecule has 4 nitrogen and oxygen atoms in total. The lowest BCUT2D eigenvalue weighted by Crippen LogP contribution is -2.46. The smallest absolute Gasteiger partial charge is 0.322 e. The molecule has 1 heterocycles. The van der Waals surface area contributed by atoms with Gasteiger partial charge in [0.25, 0.3) is 0 Å². The summed E-state index contributed by atoms with van der Waals surface area (Å²) in [5, 5.41) is 13.1. The fraction of sp³-hybridized carbons (Fsp3) is 0.533. The number of fused-ring (bicyclic) bond motifs is 1. The van der Waals surface area contributed by atoms with Crippen molar-refractivity contribution in [2.45, 2.75) is 44.2 Å². The van der Waals surface area contributed by atoms with Crippen LogP contribution in [0.2, 0.25) is 0 Å². The van der Waals surface area contributed by atoms with Crippen LogP contribution < -0.4 is 10.2 Å². The fourth-order valence-corrected chi connectivity index (χ4v) is 3.08. The van der Waals surface area contributed by atoms with E-state index in [0.29, 0.717) is 19.0 Å². The Morgan fingerprint density at radius 3 is 2.74 bits per heavy atom. The largest absolute Gasteiger partial charge is 0.388 e. The summed E-state index contributed by atoms with van der Waals surface area (Å²) in [5.74, 6) is 0. The molecule has 0 spiro atoms. The maximum Gasteiger partial charge on any atom is 0.322 e. The summed E-state index contributed by atoms with van der Waals surface area (Å²) in [6.07, 6.45) is 4.75. The van der Waals surface area contributed by atoms with Crippen LogP contribution >= 0.6 is 0 Å². The first kappa shape index (κ1) is 12.5. The lowest BCUT2D eigenvalue weighted by Gasteiger charge is -2.33. The minimum atomic E-state index is -0.452. The van der Waals surface area contributed by atoms with Gasteiger partial charge in [-0.05, 0) is 25.3 Å². The van der Waals surface area contributed by atoms with E-state index in [2.05, 4.69) is 5.32 Å². The van der Waals surface area contributed by atoms with Crippen molar-refractivity contribution in [3.05, 3.63) is 29.8 Å². The Bertz CT molecular complexity index is 469. The Hall–Kier alpha value is -1.55. The van der Waals surface area contributed by atoms with Crippen LogP contribution in [-0.4, -0.2) is 23.7 Å². The second-order valence-corrected chi connectivity index (χ2v) is 5.45. The molecule has 2 N–H and O–H groups in total. The number of hydrogen-bond donors (Lipinski definition) is 2. The summed E-state index contributed by atoms with van der Waals surface area (Å²) in [6.45, 7) is 0.580. The molecule has 3 rings (SSSR count). The minimum Gasteiger partial charge on any atom is -0.388 e. The van der Waals surface area contributed by atoms with Crippen LogP contribution in [0.25, 0.3) is 0 Å². The Balaban J connectivity index is 1.77. The first-order chi connectivity index (χ1) is 9.25. The number of anilines is 1. The van der Waals surface area contributed by atoms with Gasteiger partial charge in [-0.2, -0.15) is 0 Å². The van der Waals surface area contributed by atoms with Gasteiger partial charge in [-0.1, -0.05) is 31.0 Å². The number of amides is 2. The number of benzene rings is 1. The van der Waals surface area contributed by atoms with E-state index in [0.717, 1.165) is 24.1 Å². The number of aliphatic hydroxyl groups is 1. The predicted octanol–water partition coefficient (Wildman–Crippen LogP) is 2.58. The zero-order chi connectivity index (χ0) is 13.2.